The first kappa shape index (κ1) is 20.7. The van der Waals surface area contributed by atoms with Gasteiger partial charge in [0, 0.05) is 67.3 Å². The van der Waals surface area contributed by atoms with Crippen molar-refractivity contribution in [2.24, 2.45) is 0 Å². The van der Waals surface area contributed by atoms with Crippen molar-refractivity contribution in [2.75, 3.05) is 18.8 Å². The molecule has 2 N–H and O–H groups in total. The van der Waals surface area contributed by atoms with Crippen molar-refractivity contribution in [1.29, 1.82) is 0 Å². The Balaban J connectivity index is 1.33. The maximum absolute atomic E-state index is 11.8. The Kier molecular flexibility index (Phi) is 4.76. The van der Waals surface area contributed by atoms with Gasteiger partial charge in [0.1, 0.15) is 11.5 Å². The predicted molar refractivity (Wildman–Crippen MR) is 128 cm³/mol. The van der Waals surface area contributed by atoms with E-state index in [2.05, 4.69) is 10.1 Å². The van der Waals surface area contributed by atoms with Gasteiger partial charge in [-0.25, -0.2) is 4.98 Å². The molecule has 4 aromatic rings. The number of piperidine rings is 1. The first-order valence-corrected chi connectivity index (χ1v) is 11.6. The van der Waals surface area contributed by atoms with Crippen LogP contribution in [0.15, 0.2) is 47.3 Å². The highest BCUT2D eigenvalue weighted by Gasteiger charge is 2.24. The number of hydrogen-bond donors (Lipinski definition) is 1. The number of nitrogens with two attached hydrogens (primary N) is 1. The normalized spacial score (nSPS) is 16.4. The molecule has 1 fully saturated rings. The highest BCUT2D eigenvalue weighted by Crippen LogP contribution is 2.38. The van der Waals surface area contributed by atoms with Crippen LogP contribution in [0.5, 0.6) is 0 Å². The Morgan fingerprint density at radius 1 is 1.09 bits per heavy atom. The van der Waals surface area contributed by atoms with Crippen molar-refractivity contribution in [3.63, 3.8) is 0 Å². The second-order valence-electron chi connectivity index (χ2n) is 9.23. The lowest BCUT2D eigenvalue weighted by molar-refractivity contribution is -0.130. The lowest BCUT2D eigenvalue weighted by atomic mass is 10.0. The zero-order chi connectivity index (χ0) is 23.4. The van der Waals surface area contributed by atoms with Crippen LogP contribution < -0.4 is 5.73 Å². The van der Waals surface area contributed by atoms with Crippen LogP contribution in [0.3, 0.4) is 0 Å². The average Bonchev–Trinajstić information content (AvgIpc) is 3.57. The van der Waals surface area contributed by atoms with Crippen molar-refractivity contribution in [3.8, 4) is 22.5 Å². The summed E-state index contributed by atoms with van der Waals surface area (Å²) in [6.07, 6.45) is 8.39. The van der Waals surface area contributed by atoms with E-state index >= 15 is 0 Å². The summed E-state index contributed by atoms with van der Waals surface area (Å²) in [5.41, 5.74) is 11.6. The van der Waals surface area contributed by atoms with E-state index in [0.717, 1.165) is 59.1 Å². The van der Waals surface area contributed by atoms with Gasteiger partial charge in [0.2, 0.25) is 5.91 Å². The van der Waals surface area contributed by atoms with Crippen LogP contribution in [-0.2, 0) is 22.4 Å². The topological polar surface area (TPSA) is 107 Å². The minimum absolute atomic E-state index is 0.126. The molecule has 3 aromatic heterocycles. The maximum atomic E-state index is 11.8. The van der Waals surface area contributed by atoms with E-state index in [0.29, 0.717) is 30.0 Å². The quantitative estimate of drug-likeness (QED) is 0.504. The average molecular weight is 456 g/mol. The highest BCUT2D eigenvalue weighted by molar-refractivity contribution is 6.00. The van der Waals surface area contributed by atoms with Crippen LogP contribution in [0.1, 0.15) is 36.9 Å². The van der Waals surface area contributed by atoms with E-state index in [1.54, 1.807) is 13.1 Å². The number of Topliss-reactive ketones (excluding diaryl/α,β-unsaturated/α-hetero) is 1. The van der Waals surface area contributed by atoms with Crippen molar-refractivity contribution in [2.45, 2.75) is 38.6 Å². The van der Waals surface area contributed by atoms with E-state index < -0.39 is 0 Å². The van der Waals surface area contributed by atoms with Gasteiger partial charge in [-0.05, 0) is 36.1 Å². The fourth-order valence-electron chi connectivity index (χ4n) is 5.14. The van der Waals surface area contributed by atoms with Crippen molar-refractivity contribution in [3.05, 3.63) is 54.0 Å². The molecule has 6 rings (SSSR count). The number of nitrogen functional groups attached to an aromatic ring is 1. The fourth-order valence-corrected chi connectivity index (χ4v) is 5.14. The molecular weight excluding hydrogens is 430 g/mol. The number of aromatic nitrogens is 3. The largest absolute Gasteiger partial charge is 0.452 e. The first-order valence-electron chi connectivity index (χ1n) is 11.6. The van der Waals surface area contributed by atoms with Crippen LogP contribution in [0.4, 0.5) is 5.82 Å². The second kappa shape index (κ2) is 7.83. The van der Waals surface area contributed by atoms with E-state index in [1.165, 1.54) is 0 Å². The molecule has 1 aliphatic heterocycles. The second-order valence-corrected chi connectivity index (χ2v) is 9.23. The molecule has 1 aliphatic carbocycles. The zero-order valence-corrected chi connectivity index (χ0v) is 19.0. The van der Waals surface area contributed by atoms with E-state index in [-0.39, 0.29) is 17.7 Å². The third-order valence-electron chi connectivity index (χ3n) is 7.05. The summed E-state index contributed by atoms with van der Waals surface area (Å²) in [5.74, 6) is 1.41. The molecule has 0 saturated carbocycles. The zero-order valence-electron chi connectivity index (χ0n) is 19.0. The number of carbonyl (C=O) groups excluding carboxylic acids is 2. The molecule has 8 nitrogen and oxygen atoms in total. The Labute approximate surface area is 196 Å². The number of anilines is 1. The van der Waals surface area contributed by atoms with Gasteiger partial charge in [0.25, 0.3) is 0 Å². The van der Waals surface area contributed by atoms with Crippen LogP contribution in [0.25, 0.3) is 33.4 Å². The third-order valence-corrected chi connectivity index (χ3v) is 7.05. The number of rotatable bonds is 3. The van der Waals surface area contributed by atoms with Gasteiger partial charge in [0.05, 0.1) is 12.2 Å². The van der Waals surface area contributed by atoms with Gasteiger partial charge in [-0.2, -0.15) is 5.10 Å². The van der Waals surface area contributed by atoms with Crippen molar-refractivity contribution >= 4 is 28.5 Å². The summed E-state index contributed by atoms with van der Waals surface area (Å²) >= 11 is 0. The lowest BCUT2D eigenvalue weighted by Crippen LogP contribution is -2.37. The number of furan rings is 1. The summed E-state index contributed by atoms with van der Waals surface area (Å²) in [6.45, 7) is 3.12. The monoisotopic (exact) mass is 455 g/mol. The van der Waals surface area contributed by atoms with Gasteiger partial charge in [-0.15, -0.1) is 0 Å². The number of hydrogen-bond acceptors (Lipinski definition) is 6. The van der Waals surface area contributed by atoms with Gasteiger partial charge >= 0.3 is 0 Å². The maximum Gasteiger partial charge on any atom is 0.219 e. The number of ketones is 1. The van der Waals surface area contributed by atoms with E-state index in [9.17, 15) is 9.59 Å². The molecule has 8 heteroatoms. The molecule has 34 heavy (non-hydrogen) atoms. The van der Waals surface area contributed by atoms with Crippen molar-refractivity contribution < 1.29 is 14.0 Å². The molecular formula is C26H25N5O3. The summed E-state index contributed by atoms with van der Waals surface area (Å²) in [7, 11) is 0. The van der Waals surface area contributed by atoms with Gasteiger partial charge < -0.3 is 15.1 Å². The molecule has 1 aromatic carbocycles. The Morgan fingerprint density at radius 2 is 1.88 bits per heavy atom. The van der Waals surface area contributed by atoms with Crippen molar-refractivity contribution in [1.82, 2.24) is 19.7 Å². The number of benzene rings is 1. The molecule has 0 unspecified atom stereocenters. The number of amides is 1. The minimum atomic E-state index is 0.126. The molecule has 2 aliphatic rings. The standard InChI is InChI=1S/C26H25N5O3/c1-15(32)30-6-4-20(5-7-30)31-14-19(12-29-31)23-13-28-26(27)25-22(23)11-24(34-25)17-3-2-16-9-21(33)10-18(16)8-17/h2-3,8,11-14,20H,4-7,9-10H2,1H3,(H2,27,28). The molecule has 1 amide bonds. The highest BCUT2D eigenvalue weighted by atomic mass is 16.3. The number of fused-ring (bicyclic) bond motifs is 2. The number of nitrogens with zero attached hydrogens (tertiary/aromatic N) is 4. The molecule has 0 radical (unpaired) electrons. The first-order chi connectivity index (χ1) is 16.5. The molecule has 4 heterocycles. The Morgan fingerprint density at radius 3 is 2.68 bits per heavy atom. The predicted octanol–water partition coefficient (Wildman–Crippen LogP) is 3.79. The number of carbonyl (C=O) groups is 2. The number of likely N-dealkylation sites (tertiary alicyclic amines) is 1. The van der Waals surface area contributed by atoms with Crippen LogP contribution in [0.2, 0.25) is 0 Å². The Hall–Kier alpha value is -3.94. The summed E-state index contributed by atoms with van der Waals surface area (Å²) < 4.78 is 8.15. The summed E-state index contributed by atoms with van der Waals surface area (Å²) in [6, 6.07) is 8.28. The van der Waals surface area contributed by atoms with E-state index in [4.69, 9.17) is 10.2 Å². The molecule has 0 bridgehead atoms. The van der Waals surface area contributed by atoms with Crippen LogP contribution >= 0.6 is 0 Å². The van der Waals surface area contributed by atoms with Crippen LogP contribution in [-0.4, -0.2) is 44.4 Å². The van der Waals surface area contributed by atoms with Crippen LogP contribution in [0, 0.1) is 0 Å². The lowest BCUT2D eigenvalue weighted by Gasteiger charge is -2.31. The smallest absolute Gasteiger partial charge is 0.219 e. The fraction of sp³-hybridized carbons (Fsp3) is 0.308. The molecule has 1 saturated heterocycles. The molecule has 0 atom stereocenters. The molecule has 0 spiro atoms. The summed E-state index contributed by atoms with van der Waals surface area (Å²) in [4.78, 5) is 29.7. The number of pyridine rings is 1. The Bertz CT molecular complexity index is 1440. The molecule has 172 valence electrons. The van der Waals surface area contributed by atoms with E-state index in [1.807, 2.05) is 46.2 Å². The van der Waals surface area contributed by atoms with Gasteiger partial charge in [0.15, 0.2) is 11.4 Å². The summed E-state index contributed by atoms with van der Waals surface area (Å²) in [5, 5.41) is 5.50. The van der Waals surface area contributed by atoms with Gasteiger partial charge in [-0.3, -0.25) is 14.3 Å². The SMILES string of the molecule is CC(=O)N1CCC(n2cc(-c3cnc(N)c4oc(-c5ccc6c(c5)CC(=O)C6)cc34)cn2)CC1. The van der Waals surface area contributed by atoms with Gasteiger partial charge in [-0.1, -0.05) is 12.1 Å². The third kappa shape index (κ3) is 3.46. The minimum Gasteiger partial charge on any atom is -0.452 e.